The number of benzene rings is 1. The number of hydrogen-bond acceptors (Lipinski definition) is 5. The minimum absolute atomic E-state index is 0.267. The molecule has 0 saturated heterocycles. The average Bonchev–Trinajstić information content (AvgIpc) is 2.37. The fraction of sp³-hybridized carbons (Fsp3) is 0.154. The van der Waals surface area contributed by atoms with Gasteiger partial charge in [0, 0.05) is 18.2 Å². The SMILES string of the molecule is Cc1nc(NC#N)cc(NCc2ccccc2F)n1. The van der Waals surface area contributed by atoms with Gasteiger partial charge in [-0.1, -0.05) is 18.2 Å². The van der Waals surface area contributed by atoms with Crippen LogP contribution in [0.15, 0.2) is 30.3 Å². The first-order valence-corrected chi connectivity index (χ1v) is 5.67. The van der Waals surface area contributed by atoms with Gasteiger partial charge >= 0.3 is 0 Å². The first-order valence-electron chi connectivity index (χ1n) is 5.67. The summed E-state index contributed by atoms with van der Waals surface area (Å²) in [6, 6.07) is 8.11. The van der Waals surface area contributed by atoms with Crippen molar-refractivity contribution in [1.82, 2.24) is 9.97 Å². The van der Waals surface area contributed by atoms with Crippen LogP contribution in [-0.4, -0.2) is 9.97 Å². The summed E-state index contributed by atoms with van der Waals surface area (Å²) in [5.74, 6) is 1.20. The Labute approximate surface area is 110 Å². The minimum atomic E-state index is -0.267. The van der Waals surface area contributed by atoms with Crippen LogP contribution in [0.5, 0.6) is 0 Å². The number of aromatic nitrogens is 2. The topological polar surface area (TPSA) is 73.6 Å². The van der Waals surface area contributed by atoms with E-state index in [9.17, 15) is 4.39 Å². The normalized spacial score (nSPS) is 9.74. The summed E-state index contributed by atoms with van der Waals surface area (Å²) in [4.78, 5) is 8.20. The maximum atomic E-state index is 13.4. The van der Waals surface area contributed by atoms with Gasteiger partial charge in [-0.05, 0) is 13.0 Å². The lowest BCUT2D eigenvalue weighted by Crippen LogP contribution is -2.06. The number of nitrogens with zero attached hydrogens (tertiary/aromatic N) is 3. The van der Waals surface area contributed by atoms with Gasteiger partial charge in [0.25, 0.3) is 0 Å². The molecule has 2 N–H and O–H groups in total. The molecule has 0 aliphatic rings. The Morgan fingerprint density at radius 3 is 2.74 bits per heavy atom. The molecule has 0 unspecified atom stereocenters. The lowest BCUT2D eigenvalue weighted by atomic mass is 10.2. The van der Waals surface area contributed by atoms with Crippen LogP contribution < -0.4 is 10.6 Å². The number of hydrogen-bond donors (Lipinski definition) is 2. The van der Waals surface area contributed by atoms with E-state index in [-0.39, 0.29) is 5.82 Å². The van der Waals surface area contributed by atoms with Gasteiger partial charge in [0.1, 0.15) is 23.3 Å². The van der Waals surface area contributed by atoms with Gasteiger partial charge in [0.2, 0.25) is 0 Å². The van der Waals surface area contributed by atoms with E-state index in [0.29, 0.717) is 29.6 Å². The number of halogens is 1. The van der Waals surface area contributed by atoms with Crippen molar-refractivity contribution in [2.75, 3.05) is 10.6 Å². The van der Waals surface area contributed by atoms with Crippen LogP contribution in [0.3, 0.4) is 0 Å². The van der Waals surface area contributed by atoms with Gasteiger partial charge < -0.3 is 5.32 Å². The molecule has 0 amide bonds. The second kappa shape index (κ2) is 5.78. The molecule has 0 aliphatic carbocycles. The monoisotopic (exact) mass is 257 g/mol. The van der Waals surface area contributed by atoms with Gasteiger partial charge in [-0.3, -0.25) is 5.32 Å². The number of aryl methyl sites for hydroxylation is 1. The minimum Gasteiger partial charge on any atom is -0.366 e. The molecule has 19 heavy (non-hydrogen) atoms. The molecule has 2 aromatic rings. The van der Waals surface area contributed by atoms with Crippen LogP contribution in [0.4, 0.5) is 16.0 Å². The fourth-order valence-corrected chi connectivity index (χ4v) is 1.61. The zero-order valence-corrected chi connectivity index (χ0v) is 10.3. The molecule has 0 bridgehead atoms. The molecule has 1 heterocycles. The van der Waals surface area contributed by atoms with Crippen molar-refractivity contribution in [3.05, 3.63) is 47.5 Å². The predicted molar refractivity (Wildman–Crippen MR) is 69.7 cm³/mol. The van der Waals surface area contributed by atoms with E-state index in [1.807, 2.05) is 0 Å². The molecular weight excluding hydrogens is 245 g/mol. The van der Waals surface area contributed by atoms with E-state index in [4.69, 9.17) is 5.26 Å². The standard InChI is InChI=1S/C13H12FN5/c1-9-18-12(6-13(19-9)17-8-15)16-7-10-4-2-3-5-11(10)14/h2-6H,7H2,1H3,(H2,16,17,18,19). The number of nitrogens with one attached hydrogen (secondary N) is 2. The van der Waals surface area contributed by atoms with E-state index >= 15 is 0 Å². The zero-order chi connectivity index (χ0) is 13.7. The molecule has 0 fully saturated rings. The highest BCUT2D eigenvalue weighted by Gasteiger charge is 2.03. The molecule has 0 spiro atoms. The molecule has 0 aliphatic heterocycles. The van der Waals surface area contributed by atoms with Gasteiger partial charge in [-0.2, -0.15) is 5.26 Å². The summed E-state index contributed by atoms with van der Waals surface area (Å²) in [6.45, 7) is 2.03. The Morgan fingerprint density at radius 1 is 1.26 bits per heavy atom. The molecular formula is C13H12FN5. The Bertz CT molecular complexity index is 621. The van der Waals surface area contributed by atoms with E-state index < -0.39 is 0 Å². The van der Waals surface area contributed by atoms with Crippen LogP contribution >= 0.6 is 0 Å². The molecule has 0 saturated carbocycles. The van der Waals surface area contributed by atoms with E-state index in [0.717, 1.165) is 0 Å². The second-order valence-electron chi connectivity index (χ2n) is 3.87. The van der Waals surface area contributed by atoms with E-state index in [1.165, 1.54) is 6.07 Å². The fourth-order valence-electron chi connectivity index (χ4n) is 1.61. The Kier molecular flexibility index (Phi) is 3.88. The first-order chi connectivity index (χ1) is 9.19. The van der Waals surface area contributed by atoms with Crippen molar-refractivity contribution in [3.8, 4) is 6.19 Å². The first kappa shape index (κ1) is 12.8. The maximum Gasteiger partial charge on any atom is 0.182 e. The summed E-state index contributed by atoms with van der Waals surface area (Å²) in [5, 5.41) is 14.0. The molecule has 1 aromatic carbocycles. The third-order valence-corrected chi connectivity index (χ3v) is 2.44. The molecule has 96 valence electrons. The smallest absolute Gasteiger partial charge is 0.182 e. The third kappa shape index (κ3) is 3.39. The molecule has 5 nitrogen and oxygen atoms in total. The van der Waals surface area contributed by atoms with Crippen molar-refractivity contribution in [2.45, 2.75) is 13.5 Å². The predicted octanol–water partition coefficient (Wildman–Crippen LogP) is 2.43. The lowest BCUT2D eigenvalue weighted by Gasteiger charge is -2.08. The van der Waals surface area contributed by atoms with Gasteiger partial charge in [-0.25, -0.2) is 14.4 Å². The van der Waals surface area contributed by atoms with Crippen LogP contribution in [0, 0.1) is 24.2 Å². The Hall–Kier alpha value is -2.68. The number of nitriles is 1. The van der Waals surface area contributed by atoms with Crippen molar-refractivity contribution < 1.29 is 4.39 Å². The highest BCUT2D eigenvalue weighted by molar-refractivity contribution is 5.49. The summed E-state index contributed by atoms with van der Waals surface area (Å²) in [7, 11) is 0. The highest BCUT2D eigenvalue weighted by Crippen LogP contribution is 2.13. The third-order valence-electron chi connectivity index (χ3n) is 2.44. The van der Waals surface area contributed by atoms with E-state index in [1.54, 1.807) is 37.4 Å². The van der Waals surface area contributed by atoms with Crippen LogP contribution in [-0.2, 0) is 6.54 Å². The van der Waals surface area contributed by atoms with Crippen LogP contribution in [0.2, 0.25) is 0 Å². The Balaban J connectivity index is 2.12. The van der Waals surface area contributed by atoms with Crippen molar-refractivity contribution in [1.29, 1.82) is 5.26 Å². The molecule has 2 rings (SSSR count). The van der Waals surface area contributed by atoms with Gasteiger partial charge in [0.05, 0.1) is 0 Å². The average molecular weight is 257 g/mol. The number of anilines is 2. The molecule has 1 aromatic heterocycles. The number of rotatable bonds is 4. The summed E-state index contributed by atoms with van der Waals surface area (Å²) in [6.07, 6.45) is 1.79. The van der Waals surface area contributed by atoms with Crippen molar-refractivity contribution in [2.24, 2.45) is 0 Å². The van der Waals surface area contributed by atoms with E-state index in [2.05, 4.69) is 20.6 Å². The van der Waals surface area contributed by atoms with Gasteiger partial charge in [0.15, 0.2) is 6.19 Å². The van der Waals surface area contributed by atoms with Crippen molar-refractivity contribution in [3.63, 3.8) is 0 Å². The second-order valence-corrected chi connectivity index (χ2v) is 3.87. The summed E-state index contributed by atoms with van der Waals surface area (Å²) < 4.78 is 13.4. The molecule has 0 atom stereocenters. The lowest BCUT2D eigenvalue weighted by molar-refractivity contribution is 0.613. The zero-order valence-electron chi connectivity index (χ0n) is 10.3. The molecule has 6 heteroatoms. The highest BCUT2D eigenvalue weighted by atomic mass is 19.1. The summed E-state index contributed by atoms with van der Waals surface area (Å²) >= 11 is 0. The Morgan fingerprint density at radius 2 is 2.00 bits per heavy atom. The molecule has 0 radical (unpaired) electrons. The van der Waals surface area contributed by atoms with Crippen LogP contribution in [0.25, 0.3) is 0 Å². The summed E-state index contributed by atoms with van der Waals surface area (Å²) in [5.41, 5.74) is 0.550. The maximum absolute atomic E-state index is 13.4. The van der Waals surface area contributed by atoms with Gasteiger partial charge in [-0.15, -0.1) is 0 Å². The largest absolute Gasteiger partial charge is 0.366 e. The van der Waals surface area contributed by atoms with Crippen molar-refractivity contribution >= 4 is 11.6 Å². The quantitative estimate of drug-likeness (QED) is 0.650. The van der Waals surface area contributed by atoms with Crippen LogP contribution in [0.1, 0.15) is 11.4 Å².